The van der Waals surface area contributed by atoms with Crippen LogP contribution in [0.15, 0.2) is 72.8 Å². The summed E-state index contributed by atoms with van der Waals surface area (Å²) in [5.41, 5.74) is 0.687. The van der Waals surface area contributed by atoms with Crippen LogP contribution in [0.1, 0.15) is 42.6 Å². The monoisotopic (exact) mass is 470 g/mol. The molecule has 0 fully saturated rings. The number of para-hydroxylation sites is 1. The number of carbonyl (C=O) groups excluding carboxylic acids is 1. The highest BCUT2D eigenvalue weighted by Gasteiger charge is 2.32. The summed E-state index contributed by atoms with van der Waals surface area (Å²) >= 11 is 0. The number of nitrogens with one attached hydrogen (secondary N) is 1. The van der Waals surface area contributed by atoms with Crippen molar-refractivity contribution >= 4 is 17.3 Å². The molecule has 2 atom stereocenters. The van der Waals surface area contributed by atoms with Gasteiger partial charge in [-0.25, -0.2) is 4.39 Å². The molecule has 8 heteroatoms. The van der Waals surface area contributed by atoms with Gasteiger partial charge in [0.15, 0.2) is 0 Å². The van der Waals surface area contributed by atoms with E-state index in [1.54, 1.807) is 38.1 Å². The third kappa shape index (κ3) is 6.13. The highest BCUT2D eigenvalue weighted by atomic mass is 19.4. The average Bonchev–Trinajstić information content (AvgIpc) is 2.77. The minimum Gasteiger partial charge on any atom is -0.441 e. The Morgan fingerprint density at radius 1 is 0.941 bits per heavy atom. The van der Waals surface area contributed by atoms with E-state index in [-0.39, 0.29) is 11.5 Å². The van der Waals surface area contributed by atoms with Gasteiger partial charge in [-0.3, -0.25) is 4.79 Å². The molecule has 4 nitrogen and oxygen atoms in total. The van der Waals surface area contributed by atoms with Crippen molar-refractivity contribution in [3.8, 4) is 6.07 Å². The van der Waals surface area contributed by atoms with Crippen LogP contribution in [0.2, 0.25) is 0 Å². The molecule has 0 aromatic heterocycles. The predicted octanol–water partition coefficient (Wildman–Crippen LogP) is 7.14. The van der Waals surface area contributed by atoms with Gasteiger partial charge in [0, 0.05) is 16.9 Å². The second-order valence-corrected chi connectivity index (χ2v) is 8.05. The van der Waals surface area contributed by atoms with Crippen LogP contribution in [0.25, 0.3) is 0 Å². The summed E-state index contributed by atoms with van der Waals surface area (Å²) < 4.78 is 58.3. The van der Waals surface area contributed by atoms with Crippen LogP contribution < -0.4 is 5.32 Å². The summed E-state index contributed by atoms with van der Waals surface area (Å²) in [5, 5.41) is 12.6. The molecule has 0 aliphatic rings. The molecule has 0 radical (unpaired) electrons. The van der Waals surface area contributed by atoms with E-state index in [2.05, 4.69) is 5.32 Å². The lowest BCUT2D eigenvalue weighted by molar-refractivity contribution is -0.150. The molecule has 2 unspecified atom stereocenters. The van der Waals surface area contributed by atoms with Gasteiger partial charge >= 0.3 is 12.1 Å². The van der Waals surface area contributed by atoms with Gasteiger partial charge < -0.3 is 10.1 Å². The van der Waals surface area contributed by atoms with Crippen molar-refractivity contribution in [3.63, 3.8) is 0 Å². The Kier molecular flexibility index (Phi) is 7.57. The summed E-state index contributed by atoms with van der Waals surface area (Å²) in [5.74, 6) is -2.65. The molecule has 1 N–H and O–H groups in total. The van der Waals surface area contributed by atoms with Crippen molar-refractivity contribution in [2.45, 2.75) is 32.0 Å². The summed E-state index contributed by atoms with van der Waals surface area (Å²) in [6.45, 7) is 3.43. The maximum atomic E-state index is 14.3. The normalized spacial score (nSPS) is 13.1. The number of benzene rings is 3. The molecule has 0 aliphatic heterocycles. The number of carbonyl (C=O) groups is 1. The third-order valence-electron chi connectivity index (χ3n) is 5.15. The van der Waals surface area contributed by atoms with Crippen LogP contribution >= 0.6 is 0 Å². The van der Waals surface area contributed by atoms with Crippen LogP contribution in [-0.2, 0) is 15.7 Å². The predicted molar refractivity (Wildman–Crippen MR) is 120 cm³/mol. The van der Waals surface area contributed by atoms with Gasteiger partial charge in [0.25, 0.3) is 0 Å². The summed E-state index contributed by atoms with van der Waals surface area (Å²) in [4.78, 5) is 13.0. The Labute approximate surface area is 194 Å². The van der Waals surface area contributed by atoms with Crippen molar-refractivity contribution in [3.05, 3.63) is 95.3 Å². The highest BCUT2D eigenvalue weighted by molar-refractivity contribution is 5.79. The molecule has 0 aliphatic carbocycles. The topological polar surface area (TPSA) is 62.1 Å². The highest BCUT2D eigenvalue weighted by Crippen LogP contribution is 2.33. The second-order valence-electron chi connectivity index (χ2n) is 8.05. The molecule has 0 bridgehead atoms. The molecule has 176 valence electrons. The van der Waals surface area contributed by atoms with Crippen LogP contribution in [-0.4, -0.2) is 5.97 Å². The summed E-state index contributed by atoms with van der Waals surface area (Å²) in [6, 6.07) is 18.9. The van der Waals surface area contributed by atoms with E-state index >= 15 is 0 Å². The number of halogens is 4. The first-order valence-corrected chi connectivity index (χ1v) is 10.5. The number of alkyl halides is 3. The zero-order chi connectivity index (χ0) is 24.9. The molecule has 0 spiro atoms. The smallest absolute Gasteiger partial charge is 0.416 e. The number of nitrogens with zero attached hydrogens (tertiary/aromatic N) is 1. The number of rotatable bonds is 7. The Balaban J connectivity index is 1.83. The molecule has 3 aromatic rings. The first kappa shape index (κ1) is 24.8. The van der Waals surface area contributed by atoms with Gasteiger partial charge in [-0.15, -0.1) is 0 Å². The van der Waals surface area contributed by atoms with Crippen molar-refractivity contribution in [2.24, 2.45) is 5.92 Å². The lowest BCUT2D eigenvalue weighted by atomic mass is 9.88. The number of hydrogen-bond acceptors (Lipinski definition) is 4. The maximum absolute atomic E-state index is 14.3. The Morgan fingerprint density at radius 2 is 1.59 bits per heavy atom. The van der Waals surface area contributed by atoms with E-state index in [0.29, 0.717) is 16.9 Å². The second kappa shape index (κ2) is 10.4. The lowest BCUT2D eigenvalue weighted by Gasteiger charge is -2.22. The van der Waals surface area contributed by atoms with Crippen molar-refractivity contribution < 1.29 is 27.1 Å². The quantitative estimate of drug-likeness (QED) is 0.295. The third-order valence-corrected chi connectivity index (χ3v) is 5.15. The van der Waals surface area contributed by atoms with Gasteiger partial charge in [0.2, 0.25) is 6.10 Å². The summed E-state index contributed by atoms with van der Waals surface area (Å²) in [6.07, 6.45) is -5.91. The zero-order valence-electron chi connectivity index (χ0n) is 18.4. The van der Waals surface area contributed by atoms with E-state index in [4.69, 9.17) is 4.74 Å². The fourth-order valence-electron chi connectivity index (χ4n) is 3.56. The van der Waals surface area contributed by atoms with Crippen LogP contribution in [0.5, 0.6) is 0 Å². The number of anilines is 2. The van der Waals surface area contributed by atoms with Gasteiger partial charge in [0.05, 0.1) is 11.5 Å². The van der Waals surface area contributed by atoms with E-state index in [9.17, 15) is 27.6 Å². The molecule has 3 rings (SSSR count). The van der Waals surface area contributed by atoms with Crippen LogP contribution in [0.3, 0.4) is 0 Å². The standard InChI is InChI=1S/C26H22F4N2O2/c1-16(2)24(17-8-10-19(11-9-17)26(28,29)30)25(33)34-23(15-31)18-12-20(27)14-22(13-18)32-21-6-4-3-5-7-21/h3-14,16,23-24,32H,1-2H3. The van der Waals surface area contributed by atoms with Crippen LogP contribution in [0.4, 0.5) is 28.9 Å². The number of ether oxygens (including phenoxy) is 1. The molecule has 0 saturated heterocycles. The van der Waals surface area contributed by atoms with E-state index < -0.39 is 35.5 Å². The fraction of sp³-hybridized carbons (Fsp3) is 0.231. The molecule has 0 heterocycles. The Morgan fingerprint density at radius 3 is 2.15 bits per heavy atom. The molecule has 34 heavy (non-hydrogen) atoms. The first-order chi connectivity index (χ1) is 16.1. The summed E-state index contributed by atoms with van der Waals surface area (Å²) in [7, 11) is 0. The van der Waals surface area contributed by atoms with Crippen molar-refractivity contribution in [1.82, 2.24) is 0 Å². The van der Waals surface area contributed by atoms with E-state index in [0.717, 1.165) is 18.2 Å². The van der Waals surface area contributed by atoms with Crippen LogP contribution in [0, 0.1) is 23.1 Å². The molecular formula is C26H22F4N2O2. The van der Waals surface area contributed by atoms with Gasteiger partial charge in [-0.1, -0.05) is 44.2 Å². The fourth-order valence-corrected chi connectivity index (χ4v) is 3.56. The van der Waals surface area contributed by atoms with Gasteiger partial charge in [-0.2, -0.15) is 18.4 Å². The van der Waals surface area contributed by atoms with Crippen molar-refractivity contribution in [1.29, 1.82) is 5.26 Å². The SMILES string of the molecule is CC(C)C(C(=O)OC(C#N)c1cc(F)cc(Nc2ccccc2)c1)c1ccc(C(F)(F)F)cc1. The number of esters is 1. The minimum atomic E-state index is -4.50. The number of hydrogen-bond donors (Lipinski definition) is 1. The van der Waals surface area contributed by atoms with E-state index in [1.807, 2.05) is 12.1 Å². The molecule has 0 amide bonds. The lowest BCUT2D eigenvalue weighted by Crippen LogP contribution is -2.23. The molecule has 0 saturated carbocycles. The minimum absolute atomic E-state index is 0.129. The largest absolute Gasteiger partial charge is 0.441 e. The van der Waals surface area contributed by atoms with Gasteiger partial charge in [-0.05, 0) is 53.9 Å². The maximum Gasteiger partial charge on any atom is 0.416 e. The van der Waals surface area contributed by atoms with E-state index in [1.165, 1.54) is 24.3 Å². The first-order valence-electron chi connectivity index (χ1n) is 10.5. The molecule has 3 aromatic carbocycles. The Bertz CT molecular complexity index is 1170. The number of nitriles is 1. The van der Waals surface area contributed by atoms with Gasteiger partial charge in [0.1, 0.15) is 11.9 Å². The Hall–Kier alpha value is -3.86. The van der Waals surface area contributed by atoms with Crippen molar-refractivity contribution in [2.75, 3.05) is 5.32 Å². The molecular weight excluding hydrogens is 448 g/mol. The zero-order valence-corrected chi connectivity index (χ0v) is 18.4. The average molecular weight is 470 g/mol.